The molecule has 2 heterocycles. The molecule has 2 aliphatic rings. The van der Waals surface area contributed by atoms with Crippen LogP contribution < -0.4 is 14.8 Å². The number of fused-ring (bicyclic) bond motifs is 1. The molecule has 2 aromatic carbocycles. The molecule has 2 aliphatic heterocycles. The SMILES string of the molecule is COc1cc(/C=N/NC2=[N+]=C3C(C(=O)N(Cc4ccccc4)C(=O)N3C)N2C)ccc1O. The van der Waals surface area contributed by atoms with Crippen LogP contribution in [0.15, 0.2) is 53.6 Å². The number of ether oxygens (including phenoxy) is 1. The lowest BCUT2D eigenvalue weighted by molar-refractivity contribution is -0.132. The number of benzene rings is 2. The Labute approximate surface area is 184 Å². The molecule has 2 aromatic rings. The molecule has 1 unspecified atom stereocenters. The van der Waals surface area contributed by atoms with Gasteiger partial charge >= 0.3 is 17.8 Å². The van der Waals surface area contributed by atoms with E-state index in [2.05, 4.69) is 15.2 Å². The quantitative estimate of drug-likeness (QED) is 0.403. The van der Waals surface area contributed by atoms with Gasteiger partial charge in [0.1, 0.15) is 0 Å². The molecule has 3 amide bonds. The van der Waals surface area contributed by atoms with Crippen molar-refractivity contribution in [2.45, 2.75) is 12.6 Å². The maximum absolute atomic E-state index is 13.2. The number of methoxy groups -OCH3 is 1. The number of aromatic hydroxyl groups is 1. The van der Waals surface area contributed by atoms with Gasteiger partial charge in [-0.15, -0.1) is 5.10 Å². The van der Waals surface area contributed by atoms with Crippen molar-refractivity contribution in [1.82, 2.24) is 24.8 Å². The fourth-order valence-electron chi connectivity index (χ4n) is 3.55. The number of urea groups is 1. The van der Waals surface area contributed by atoms with Gasteiger partial charge in [-0.3, -0.25) is 4.79 Å². The Kier molecular flexibility index (Phi) is 5.53. The van der Waals surface area contributed by atoms with Crippen LogP contribution in [0.4, 0.5) is 4.79 Å². The molecule has 0 spiro atoms. The van der Waals surface area contributed by atoms with Crippen LogP contribution in [-0.4, -0.2) is 77.0 Å². The molecule has 10 heteroatoms. The van der Waals surface area contributed by atoms with E-state index in [9.17, 15) is 14.7 Å². The van der Waals surface area contributed by atoms with Crippen molar-refractivity contribution in [2.75, 3.05) is 21.2 Å². The second kappa shape index (κ2) is 8.44. The Morgan fingerprint density at radius 1 is 1.19 bits per heavy atom. The van der Waals surface area contributed by atoms with Gasteiger partial charge in [-0.25, -0.2) is 24.2 Å². The molecule has 0 aromatic heterocycles. The zero-order valence-corrected chi connectivity index (χ0v) is 17.9. The number of imide groups is 1. The summed E-state index contributed by atoms with van der Waals surface area (Å²) in [5.74, 6) is 0.693. The van der Waals surface area contributed by atoms with Crippen molar-refractivity contribution in [2.24, 2.45) is 5.10 Å². The van der Waals surface area contributed by atoms with Crippen molar-refractivity contribution in [3.63, 3.8) is 0 Å². The maximum atomic E-state index is 13.2. The highest BCUT2D eigenvalue weighted by Gasteiger charge is 2.54. The topological polar surface area (TPSA) is 112 Å². The van der Waals surface area contributed by atoms with Crippen molar-refractivity contribution < 1.29 is 19.4 Å². The lowest BCUT2D eigenvalue weighted by Gasteiger charge is -2.32. The van der Waals surface area contributed by atoms with E-state index >= 15 is 0 Å². The van der Waals surface area contributed by atoms with Gasteiger partial charge in [0.05, 0.1) is 26.9 Å². The van der Waals surface area contributed by atoms with E-state index in [0.717, 1.165) is 5.56 Å². The van der Waals surface area contributed by atoms with E-state index in [1.54, 1.807) is 31.1 Å². The molecule has 1 saturated heterocycles. The zero-order valence-electron chi connectivity index (χ0n) is 17.9. The Balaban J connectivity index is 1.51. The van der Waals surface area contributed by atoms with Crippen LogP contribution in [-0.2, 0) is 11.3 Å². The first-order chi connectivity index (χ1) is 15.4. The van der Waals surface area contributed by atoms with Gasteiger partial charge in [-0.2, -0.15) is 5.43 Å². The fraction of sp³-hybridized carbons (Fsp3) is 0.227. The van der Waals surface area contributed by atoms with Gasteiger partial charge in [-0.1, -0.05) is 30.3 Å². The first kappa shape index (κ1) is 21.0. The monoisotopic (exact) mass is 435 g/mol. The number of nitrogens with zero attached hydrogens (tertiary/aromatic N) is 5. The van der Waals surface area contributed by atoms with Gasteiger partial charge in [-0.05, 0) is 29.3 Å². The van der Waals surface area contributed by atoms with Crippen LogP contribution >= 0.6 is 0 Å². The third-order valence-electron chi connectivity index (χ3n) is 5.31. The molecule has 164 valence electrons. The van der Waals surface area contributed by atoms with Crippen molar-refractivity contribution in [3.05, 3.63) is 59.7 Å². The summed E-state index contributed by atoms with van der Waals surface area (Å²) in [7, 11) is 4.78. The molecule has 32 heavy (non-hydrogen) atoms. The van der Waals surface area contributed by atoms with Gasteiger partial charge < -0.3 is 9.84 Å². The number of hydrogen-bond acceptors (Lipinski definition) is 7. The molecule has 0 radical (unpaired) electrons. The lowest BCUT2D eigenvalue weighted by Crippen LogP contribution is -2.64. The molecule has 1 atom stereocenters. The van der Waals surface area contributed by atoms with Crippen LogP contribution in [0.25, 0.3) is 0 Å². The largest absolute Gasteiger partial charge is 0.504 e. The molecule has 1 fully saturated rings. The summed E-state index contributed by atoms with van der Waals surface area (Å²) in [4.78, 5) is 30.2. The summed E-state index contributed by atoms with van der Waals surface area (Å²) < 4.78 is 9.51. The average molecular weight is 435 g/mol. The lowest BCUT2D eigenvalue weighted by atomic mass is 10.1. The van der Waals surface area contributed by atoms with E-state index < -0.39 is 12.1 Å². The predicted molar refractivity (Wildman–Crippen MR) is 119 cm³/mol. The van der Waals surface area contributed by atoms with Gasteiger partial charge in [0.25, 0.3) is 5.91 Å². The Morgan fingerprint density at radius 2 is 1.94 bits per heavy atom. The second-order valence-corrected chi connectivity index (χ2v) is 7.36. The fourth-order valence-corrected chi connectivity index (χ4v) is 3.55. The number of amides is 3. The summed E-state index contributed by atoms with van der Waals surface area (Å²) in [6, 6.07) is 13.0. The van der Waals surface area contributed by atoms with Crippen LogP contribution in [0.3, 0.4) is 0 Å². The minimum absolute atomic E-state index is 0.0317. The second-order valence-electron chi connectivity index (χ2n) is 7.36. The molecule has 0 aliphatic carbocycles. The van der Waals surface area contributed by atoms with Crippen molar-refractivity contribution >= 4 is 29.9 Å². The third kappa shape index (κ3) is 3.75. The first-order valence-electron chi connectivity index (χ1n) is 9.88. The molecular formula is C22H23N6O4+. The highest BCUT2D eigenvalue weighted by Crippen LogP contribution is 2.25. The molecule has 2 N–H and O–H groups in total. The number of phenolic OH excluding ortho intramolecular Hbond substituents is 1. The van der Waals surface area contributed by atoms with Crippen molar-refractivity contribution in [1.29, 1.82) is 0 Å². The molecule has 10 nitrogen and oxygen atoms in total. The number of phenols is 1. The van der Waals surface area contributed by atoms with Gasteiger partial charge in [0, 0.05) is 7.05 Å². The van der Waals surface area contributed by atoms with E-state index in [-0.39, 0.29) is 18.2 Å². The highest BCUT2D eigenvalue weighted by atomic mass is 16.5. The van der Waals surface area contributed by atoms with Gasteiger partial charge in [0.15, 0.2) is 11.5 Å². The summed E-state index contributed by atoms with van der Waals surface area (Å²) in [6.45, 7) is 0.185. The molecular weight excluding hydrogens is 412 g/mol. The van der Waals surface area contributed by atoms with Crippen LogP contribution in [0.1, 0.15) is 11.1 Å². The van der Waals surface area contributed by atoms with E-state index in [1.165, 1.54) is 29.2 Å². The van der Waals surface area contributed by atoms with E-state index in [4.69, 9.17) is 4.74 Å². The third-order valence-corrected chi connectivity index (χ3v) is 5.31. The summed E-state index contributed by atoms with van der Waals surface area (Å²) in [6.07, 6.45) is 1.53. The summed E-state index contributed by atoms with van der Waals surface area (Å²) in [5.41, 5.74) is 4.37. The number of hydrazone groups is 1. The number of guanidine groups is 1. The number of rotatable bonds is 5. The number of nitrogens with one attached hydrogen (secondary N) is 1. The number of carbonyl (C=O) groups excluding carboxylic acids is 2. The maximum Gasteiger partial charge on any atom is 0.421 e. The molecule has 0 saturated carbocycles. The Bertz CT molecular complexity index is 1160. The normalized spacial score (nSPS) is 18.1. The predicted octanol–water partition coefficient (Wildman–Crippen LogP) is 0.554. The van der Waals surface area contributed by atoms with Crippen LogP contribution in [0.5, 0.6) is 11.5 Å². The number of amidine groups is 1. The van der Waals surface area contributed by atoms with Crippen molar-refractivity contribution in [3.8, 4) is 11.5 Å². The minimum atomic E-state index is -0.729. The number of hydrogen-bond donors (Lipinski definition) is 2. The minimum Gasteiger partial charge on any atom is -0.504 e. The van der Waals surface area contributed by atoms with E-state index in [0.29, 0.717) is 23.1 Å². The summed E-state index contributed by atoms with van der Waals surface area (Å²) >= 11 is 0. The molecule has 4 rings (SSSR count). The molecule has 0 bridgehead atoms. The van der Waals surface area contributed by atoms with E-state index in [1.807, 2.05) is 30.3 Å². The Morgan fingerprint density at radius 3 is 2.66 bits per heavy atom. The van der Waals surface area contributed by atoms with Crippen LogP contribution in [0.2, 0.25) is 0 Å². The highest BCUT2D eigenvalue weighted by molar-refractivity contribution is 6.23. The first-order valence-corrected chi connectivity index (χ1v) is 9.88. The number of carbonyl (C=O) groups is 2. The summed E-state index contributed by atoms with van der Waals surface area (Å²) in [5, 5.41) is 13.9. The average Bonchev–Trinajstić information content (AvgIpc) is 3.13. The van der Waals surface area contributed by atoms with Gasteiger partial charge in [0.2, 0.25) is 6.04 Å². The number of likely N-dealkylation sites (N-methyl/N-ethyl adjacent to an activating group) is 2. The zero-order chi connectivity index (χ0) is 22.8. The Hall–Kier alpha value is -4.30. The van der Waals surface area contributed by atoms with Crippen LogP contribution in [0, 0.1) is 0 Å². The smallest absolute Gasteiger partial charge is 0.421 e. The standard InChI is InChI=1S/C22H22N6O4/c1-26-18-19(24-21(26)25-23-12-15-9-10-16(29)17(11-15)32-3)27(2)22(31)28(20(18)30)13-14-7-5-4-6-8-14/h4-12,18H,13H2,1-3H3,(H,23,29)/p+1.